The molecule has 2 rings (SSSR count). The van der Waals surface area contributed by atoms with Crippen molar-refractivity contribution in [3.63, 3.8) is 0 Å². The van der Waals surface area contributed by atoms with E-state index in [1.54, 1.807) is 24.3 Å². The van der Waals surface area contributed by atoms with E-state index in [9.17, 15) is 8.78 Å². The highest BCUT2D eigenvalue weighted by Gasteiger charge is 2.25. The molecule has 1 aliphatic carbocycles. The second kappa shape index (κ2) is 7.02. The summed E-state index contributed by atoms with van der Waals surface area (Å²) in [6, 6.07) is 6.73. The Bertz CT molecular complexity index is 399. The molecule has 1 fully saturated rings. The third kappa shape index (κ3) is 3.92. The van der Waals surface area contributed by atoms with Crippen LogP contribution in [0.2, 0.25) is 0 Å². The van der Waals surface area contributed by atoms with Gasteiger partial charge in [0.15, 0.2) is 0 Å². The molecule has 0 aromatic heterocycles. The van der Waals surface area contributed by atoms with Gasteiger partial charge in [0, 0.05) is 6.04 Å². The Morgan fingerprint density at radius 3 is 2.25 bits per heavy atom. The van der Waals surface area contributed by atoms with Gasteiger partial charge in [-0.1, -0.05) is 38.3 Å². The van der Waals surface area contributed by atoms with Crippen molar-refractivity contribution in [1.82, 2.24) is 0 Å². The van der Waals surface area contributed by atoms with Crippen molar-refractivity contribution in [3.05, 3.63) is 29.8 Å². The predicted molar refractivity (Wildman–Crippen MR) is 75.7 cm³/mol. The molecule has 0 amide bonds. The van der Waals surface area contributed by atoms with Crippen LogP contribution >= 0.6 is 0 Å². The van der Waals surface area contributed by atoms with Crippen LogP contribution in [0.4, 0.5) is 8.78 Å². The van der Waals surface area contributed by atoms with E-state index >= 15 is 0 Å². The topological polar surface area (TPSA) is 35.2 Å². The van der Waals surface area contributed by atoms with Crippen molar-refractivity contribution in [2.24, 2.45) is 17.6 Å². The fourth-order valence-electron chi connectivity index (χ4n) is 3.10. The zero-order chi connectivity index (χ0) is 14.5. The van der Waals surface area contributed by atoms with Crippen LogP contribution in [-0.4, -0.2) is 6.61 Å². The SMILES string of the molecule is CCC1CCC(C(N)c2ccc(OC(F)F)cc2)CC1. The average Bonchev–Trinajstić information content (AvgIpc) is 2.47. The molecule has 1 saturated carbocycles. The quantitative estimate of drug-likeness (QED) is 0.863. The van der Waals surface area contributed by atoms with Crippen LogP contribution < -0.4 is 10.5 Å². The van der Waals surface area contributed by atoms with Crippen LogP contribution in [0, 0.1) is 11.8 Å². The Morgan fingerprint density at radius 1 is 1.15 bits per heavy atom. The first-order valence-electron chi connectivity index (χ1n) is 7.40. The summed E-state index contributed by atoms with van der Waals surface area (Å²) < 4.78 is 28.5. The third-order valence-electron chi connectivity index (χ3n) is 4.47. The van der Waals surface area contributed by atoms with Crippen molar-refractivity contribution in [2.75, 3.05) is 0 Å². The number of rotatable bonds is 5. The lowest BCUT2D eigenvalue weighted by Crippen LogP contribution is -2.25. The largest absolute Gasteiger partial charge is 0.435 e. The number of nitrogens with two attached hydrogens (primary N) is 1. The minimum Gasteiger partial charge on any atom is -0.435 e. The molecule has 1 aliphatic rings. The van der Waals surface area contributed by atoms with E-state index < -0.39 is 6.61 Å². The number of benzene rings is 1. The second-order valence-corrected chi connectivity index (χ2v) is 5.66. The Hall–Kier alpha value is -1.16. The lowest BCUT2D eigenvalue weighted by molar-refractivity contribution is -0.0498. The Kier molecular flexibility index (Phi) is 5.35. The summed E-state index contributed by atoms with van der Waals surface area (Å²) >= 11 is 0. The molecule has 0 radical (unpaired) electrons. The molecule has 20 heavy (non-hydrogen) atoms. The van der Waals surface area contributed by atoms with Crippen LogP contribution in [0.3, 0.4) is 0 Å². The van der Waals surface area contributed by atoms with Crippen molar-refractivity contribution in [3.8, 4) is 5.75 Å². The zero-order valence-electron chi connectivity index (χ0n) is 11.9. The second-order valence-electron chi connectivity index (χ2n) is 5.66. The lowest BCUT2D eigenvalue weighted by Gasteiger charge is -2.32. The molecule has 1 atom stereocenters. The maximum Gasteiger partial charge on any atom is 0.387 e. The fraction of sp³-hybridized carbons (Fsp3) is 0.625. The van der Waals surface area contributed by atoms with E-state index in [2.05, 4.69) is 11.7 Å². The Morgan fingerprint density at radius 2 is 1.75 bits per heavy atom. The number of hydrogen-bond donors (Lipinski definition) is 1. The molecule has 0 spiro atoms. The van der Waals surface area contributed by atoms with Gasteiger partial charge < -0.3 is 10.5 Å². The predicted octanol–water partition coefficient (Wildman–Crippen LogP) is 4.50. The molecule has 0 aliphatic heterocycles. The molecule has 112 valence electrons. The van der Waals surface area contributed by atoms with Gasteiger partial charge >= 0.3 is 6.61 Å². The number of hydrogen-bond acceptors (Lipinski definition) is 2. The minimum absolute atomic E-state index is 0.00611. The maximum atomic E-state index is 12.1. The average molecular weight is 283 g/mol. The van der Waals surface area contributed by atoms with Crippen molar-refractivity contribution in [2.45, 2.75) is 51.7 Å². The van der Waals surface area contributed by atoms with Gasteiger partial charge in [0.05, 0.1) is 0 Å². The van der Waals surface area contributed by atoms with E-state index in [1.165, 1.54) is 19.3 Å². The highest BCUT2D eigenvalue weighted by Crippen LogP contribution is 2.37. The van der Waals surface area contributed by atoms with E-state index in [-0.39, 0.29) is 11.8 Å². The summed E-state index contributed by atoms with van der Waals surface area (Å²) in [6.07, 6.45) is 6.08. The van der Waals surface area contributed by atoms with Crippen LogP contribution in [0.15, 0.2) is 24.3 Å². The summed E-state index contributed by atoms with van der Waals surface area (Å²) in [5.74, 6) is 1.53. The molecule has 0 heterocycles. The van der Waals surface area contributed by atoms with Gasteiger partial charge in [0.25, 0.3) is 0 Å². The van der Waals surface area contributed by atoms with Gasteiger partial charge in [-0.05, 0) is 42.4 Å². The smallest absolute Gasteiger partial charge is 0.387 e. The number of halogens is 2. The summed E-state index contributed by atoms with van der Waals surface area (Å²) in [6.45, 7) is -0.536. The maximum absolute atomic E-state index is 12.1. The molecule has 1 aromatic carbocycles. The highest BCUT2D eigenvalue weighted by molar-refractivity contribution is 5.29. The molecule has 1 aromatic rings. The highest BCUT2D eigenvalue weighted by atomic mass is 19.3. The van der Waals surface area contributed by atoms with E-state index in [0.717, 1.165) is 24.3 Å². The summed E-state index contributed by atoms with van der Waals surface area (Å²) in [4.78, 5) is 0. The van der Waals surface area contributed by atoms with E-state index in [1.807, 2.05) is 0 Å². The van der Waals surface area contributed by atoms with Crippen LogP contribution in [0.1, 0.15) is 50.6 Å². The molecule has 4 heteroatoms. The minimum atomic E-state index is -2.78. The van der Waals surface area contributed by atoms with Crippen molar-refractivity contribution < 1.29 is 13.5 Å². The first-order valence-corrected chi connectivity index (χ1v) is 7.40. The molecule has 2 N–H and O–H groups in total. The first kappa shape index (κ1) is 15.2. The van der Waals surface area contributed by atoms with E-state index in [4.69, 9.17) is 5.73 Å². The van der Waals surface area contributed by atoms with Gasteiger partial charge in [-0.15, -0.1) is 0 Å². The summed E-state index contributed by atoms with van der Waals surface area (Å²) in [7, 11) is 0. The molecular formula is C16H23F2NO. The van der Waals surface area contributed by atoms with Gasteiger partial charge in [0.2, 0.25) is 0 Å². The van der Waals surface area contributed by atoms with Gasteiger partial charge in [-0.25, -0.2) is 0 Å². The summed E-state index contributed by atoms with van der Waals surface area (Å²) in [5, 5.41) is 0. The monoisotopic (exact) mass is 283 g/mol. The Labute approximate surface area is 119 Å². The number of alkyl halides is 2. The van der Waals surface area contributed by atoms with Crippen LogP contribution in [-0.2, 0) is 0 Å². The fourth-order valence-corrected chi connectivity index (χ4v) is 3.10. The van der Waals surface area contributed by atoms with Crippen LogP contribution in [0.25, 0.3) is 0 Å². The number of ether oxygens (including phenoxy) is 1. The summed E-state index contributed by atoms with van der Waals surface area (Å²) in [5.41, 5.74) is 7.33. The Balaban J connectivity index is 1.94. The van der Waals surface area contributed by atoms with Gasteiger partial charge in [0.1, 0.15) is 5.75 Å². The van der Waals surface area contributed by atoms with Gasteiger partial charge in [-0.3, -0.25) is 0 Å². The first-order chi connectivity index (χ1) is 9.60. The van der Waals surface area contributed by atoms with Gasteiger partial charge in [-0.2, -0.15) is 8.78 Å². The molecule has 0 bridgehead atoms. The van der Waals surface area contributed by atoms with Crippen molar-refractivity contribution in [1.29, 1.82) is 0 Å². The molecule has 2 nitrogen and oxygen atoms in total. The normalized spacial score (nSPS) is 24.6. The van der Waals surface area contributed by atoms with Crippen molar-refractivity contribution >= 4 is 0 Å². The molecule has 0 saturated heterocycles. The molecule has 1 unspecified atom stereocenters. The van der Waals surface area contributed by atoms with Crippen LogP contribution in [0.5, 0.6) is 5.75 Å². The lowest BCUT2D eigenvalue weighted by atomic mass is 9.76. The van der Waals surface area contributed by atoms with E-state index in [0.29, 0.717) is 5.92 Å². The standard InChI is InChI=1S/C16H23F2NO/c1-2-11-3-5-12(6-4-11)15(19)13-7-9-14(10-8-13)20-16(17)18/h7-12,15-16H,2-6,19H2,1H3. The third-order valence-corrected chi connectivity index (χ3v) is 4.47. The zero-order valence-corrected chi connectivity index (χ0v) is 11.9. The molecular weight excluding hydrogens is 260 g/mol.